The molecule has 2 heterocycles. The van der Waals surface area contributed by atoms with E-state index in [1.54, 1.807) is 6.92 Å². The van der Waals surface area contributed by atoms with Gasteiger partial charge in [0, 0.05) is 18.5 Å². The van der Waals surface area contributed by atoms with Gasteiger partial charge in [-0.05, 0) is 49.4 Å². The van der Waals surface area contributed by atoms with Crippen molar-refractivity contribution in [3.63, 3.8) is 0 Å². The summed E-state index contributed by atoms with van der Waals surface area (Å²) in [6.07, 6.45) is 3.04. The van der Waals surface area contributed by atoms with Crippen LogP contribution in [0.1, 0.15) is 48.0 Å². The molecule has 1 unspecified atom stereocenters. The first-order valence-corrected chi connectivity index (χ1v) is 7.29. The molecule has 1 N–H and O–H groups in total. The average Bonchev–Trinajstić information content (AvgIpc) is 2.87. The Bertz CT molecular complexity index is 551. The average molecular weight is 272 g/mol. The van der Waals surface area contributed by atoms with Gasteiger partial charge in [-0.1, -0.05) is 0 Å². The first kappa shape index (κ1) is 13.2. The number of nitrogens with one attached hydrogen (secondary N) is 1. The molecule has 0 aliphatic carbocycles. The van der Waals surface area contributed by atoms with E-state index in [0.29, 0.717) is 5.92 Å². The van der Waals surface area contributed by atoms with Gasteiger partial charge in [-0.3, -0.25) is 9.79 Å². The van der Waals surface area contributed by atoms with Crippen molar-refractivity contribution in [3.05, 3.63) is 29.3 Å². The van der Waals surface area contributed by atoms with Gasteiger partial charge in [0.2, 0.25) is 0 Å². The molecular weight excluding hydrogens is 252 g/mol. The highest BCUT2D eigenvalue weighted by atomic mass is 16.5. The van der Waals surface area contributed by atoms with Crippen LogP contribution in [0.3, 0.4) is 0 Å². The van der Waals surface area contributed by atoms with E-state index in [4.69, 9.17) is 4.74 Å². The van der Waals surface area contributed by atoms with Gasteiger partial charge in [0.15, 0.2) is 5.78 Å². The molecule has 20 heavy (non-hydrogen) atoms. The van der Waals surface area contributed by atoms with Gasteiger partial charge in [-0.25, -0.2) is 0 Å². The van der Waals surface area contributed by atoms with E-state index in [1.807, 2.05) is 18.2 Å². The number of carbonyl (C=O) groups excluding carboxylic acids is 1. The summed E-state index contributed by atoms with van der Waals surface area (Å²) in [5.74, 6) is 2.51. The number of carbonyl (C=O) groups is 1. The topological polar surface area (TPSA) is 50.7 Å². The van der Waals surface area contributed by atoms with E-state index in [0.717, 1.165) is 61.7 Å². The molecule has 1 aromatic carbocycles. The van der Waals surface area contributed by atoms with Gasteiger partial charge >= 0.3 is 0 Å². The molecule has 106 valence electrons. The number of fused-ring (bicyclic) bond motifs is 1. The van der Waals surface area contributed by atoms with Crippen molar-refractivity contribution in [2.45, 2.75) is 32.1 Å². The van der Waals surface area contributed by atoms with Gasteiger partial charge in [0.25, 0.3) is 0 Å². The lowest BCUT2D eigenvalue weighted by atomic mass is 9.89. The van der Waals surface area contributed by atoms with Crippen molar-refractivity contribution in [2.75, 3.05) is 19.7 Å². The predicted molar refractivity (Wildman–Crippen MR) is 78.8 cm³/mol. The van der Waals surface area contributed by atoms with E-state index in [9.17, 15) is 4.79 Å². The maximum Gasteiger partial charge on any atom is 0.159 e. The molecule has 0 spiro atoms. The quantitative estimate of drug-likeness (QED) is 0.860. The Hall–Kier alpha value is -1.84. The number of hydrogen-bond donors (Lipinski definition) is 1. The molecule has 3 rings (SSSR count). The highest BCUT2D eigenvalue weighted by Crippen LogP contribution is 2.36. The molecule has 1 atom stereocenters. The van der Waals surface area contributed by atoms with E-state index in [1.165, 1.54) is 0 Å². The van der Waals surface area contributed by atoms with Crippen LogP contribution in [0.25, 0.3) is 0 Å². The summed E-state index contributed by atoms with van der Waals surface area (Å²) in [7, 11) is 0. The number of amidine groups is 1. The third-order valence-electron chi connectivity index (χ3n) is 3.99. The number of hydrogen-bond acceptors (Lipinski definition) is 4. The van der Waals surface area contributed by atoms with Crippen LogP contribution >= 0.6 is 0 Å². The summed E-state index contributed by atoms with van der Waals surface area (Å²) in [6, 6.07) is 5.80. The molecule has 2 aliphatic rings. The van der Waals surface area contributed by atoms with E-state index >= 15 is 0 Å². The van der Waals surface area contributed by atoms with Crippen molar-refractivity contribution in [1.29, 1.82) is 0 Å². The summed E-state index contributed by atoms with van der Waals surface area (Å²) in [5.41, 5.74) is 1.92. The lowest BCUT2D eigenvalue weighted by molar-refractivity contribution is 0.101. The molecule has 0 saturated carbocycles. The Balaban J connectivity index is 1.91. The molecule has 0 fully saturated rings. The molecule has 4 heteroatoms. The van der Waals surface area contributed by atoms with Crippen molar-refractivity contribution in [2.24, 2.45) is 4.99 Å². The zero-order valence-electron chi connectivity index (χ0n) is 11.8. The number of Topliss-reactive ketones (excluding diaryl/α,β-unsaturated/α-hetero) is 1. The van der Waals surface area contributed by atoms with Crippen LogP contribution in [-0.4, -0.2) is 31.3 Å². The number of benzene rings is 1. The Labute approximate surface area is 119 Å². The Morgan fingerprint density at radius 1 is 1.50 bits per heavy atom. The van der Waals surface area contributed by atoms with Gasteiger partial charge in [0.1, 0.15) is 5.75 Å². The first-order valence-electron chi connectivity index (χ1n) is 7.29. The maximum atomic E-state index is 11.6. The Morgan fingerprint density at radius 2 is 2.40 bits per heavy atom. The second kappa shape index (κ2) is 5.65. The number of nitrogens with zero attached hydrogens (tertiary/aromatic N) is 1. The van der Waals surface area contributed by atoms with Gasteiger partial charge < -0.3 is 10.1 Å². The third-order valence-corrected chi connectivity index (χ3v) is 3.99. The van der Waals surface area contributed by atoms with Gasteiger partial charge in [0.05, 0.1) is 19.0 Å². The van der Waals surface area contributed by atoms with Crippen LogP contribution < -0.4 is 10.1 Å². The summed E-state index contributed by atoms with van der Waals surface area (Å²) in [6.45, 7) is 4.18. The highest BCUT2D eigenvalue weighted by Gasteiger charge is 2.23. The minimum absolute atomic E-state index is 0.104. The lowest BCUT2D eigenvalue weighted by Crippen LogP contribution is -2.21. The van der Waals surface area contributed by atoms with Crippen molar-refractivity contribution in [3.8, 4) is 5.75 Å². The lowest BCUT2D eigenvalue weighted by Gasteiger charge is -2.17. The van der Waals surface area contributed by atoms with Crippen LogP contribution in [0.15, 0.2) is 23.2 Å². The number of ketones is 1. The molecule has 0 aromatic heterocycles. The summed E-state index contributed by atoms with van der Waals surface area (Å²) < 4.78 is 5.81. The van der Waals surface area contributed by atoms with Crippen LogP contribution in [0.5, 0.6) is 5.75 Å². The SMILES string of the molecule is CC(=O)c1ccc2c(c1)C(CC1=NCCN1)CCCO2. The summed E-state index contributed by atoms with van der Waals surface area (Å²) in [4.78, 5) is 16.1. The Kier molecular flexibility index (Phi) is 3.72. The zero-order chi connectivity index (χ0) is 13.9. The van der Waals surface area contributed by atoms with E-state index < -0.39 is 0 Å². The molecule has 0 radical (unpaired) electrons. The normalized spacial score (nSPS) is 21.2. The number of rotatable bonds is 3. The maximum absolute atomic E-state index is 11.6. The standard InChI is InChI=1S/C16H20N2O2/c1-11(19)12-4-5-15-14(9-12)13(3-2-8-20-15)10-16-17-6-7-18-16/h4-5,9,13H,2-3,6-8,10H2,1H3,(H,17,18). The number of ether oxygens (including phenoxy) is 1. The zero-order valence-corrected chi connectivity index (χ0v) is 11.8. The molecular formula is C16H20N2O2. The number of aliphatic imine (C=N–C) groups is 1. The molecule has 1 aromatic rings. The fourth-order valence-electron chi connectivity index (χ4n) is 2.91. The van der Waals surface area contributed by atoms with E-state index in [2.05, 4.69) is 10.3 Å². The second-order valence-electron chi connectivity index (χ2n) is 5.46. The monoisotopic (exact) mass is 272 g/mol. The molecule has 2 aliphatic heterocycles. The minimum atomic E-state index is 0.104. The summed E-state index contributed by atoms with van der Waals surface area (Å²) in [5, 5.41) is 3.33. The minimum Gasteiger partial charge on any atom is -0.493 e. The van der Waals surface area contributed by atoms with Crippen LogP contribution in [0.4, 0.5) is 0 Å². The second-order valence-corrected chi connectivity index (χ2v) is 5.46. The first-order chi connectivity index (χ1) is 9.74. The van der Waals surface area contributed by atoms with Crippen LogP contribution in [-0.2, 0) is 0 Å². The molecule has 0 saturated heterocycles. The summed E-state index contributed by atoms with van der Waals surface area (Å²) >= 11 is 0. The van der Waals surface area contributed by atoms with Gasteiger partial charge in [-0.15, -0.1) is 0 Å². The smallest absolute Gasteiger partial charge is 0.159 e. The van der Waals surface area contributed by atoms with E-state index in [-0.39, 0.29) is 5.78 Å². The van der Waals surface area contributed by atoms with Crippen molar-refractivity contribution >= 4 is 11.6 Å². The van der Waals surface area contributed by atoms with Crippen LogP contribution in [0.2, 0.25) is 0 Å². The highest BCUT2D eigenvalue weighted by molar-refractivity contribution is 5.94. The Morgan fingerprint density at radius 3 is 3.15 bits per heavy atom. The fraction of sp³-hybridized carbons (Fsp3) is 0.500. The van der Waals surface area contributed by atoms with Crippen molar-refractivity contribution < 1.29 is 9.53 Å². The third kappa shape index (κ3) is 2.69. The van der Waals surface area contributed by atoms with Crippen molar-refractivity contribution in [1.82, 2.24) is 5.32 Å². The van der Waals surface area contributed by atoms with Gasteiger partial charge in [-0.2, -0.15) is 0 Å². The fourth-order valence-corrected chi connectivity index (χ4v) is 2.91. The predicted octanol–water partition coefficient (Wildman–Crippen LogP) is 2.54. The molecule has 4 nitrogen and oxygen atoms in total. The molecule has 0 amide bonds. The molecule has 0 bridgehead atoms. The largest absolute Gasteiger partial charge is 0.493 e. The van der Waals surface area contributed by atoms with Crippen LogP contribution in [0, 0.1) is 0 Å².